The van der Waals surface area contributed by atoms with Gasteiger partial charge in [-0.2, -0.15) is 13.2 Å². The highest BCUT2D eigenvalue weighted by Gasteiger charge is 2.30. The normalized spacial score (nSPS) is 15.4. The van der Waals surface area contributed by atoms with Gasteiger partial charge in [-0.25, -0.2) is 4.98 Å². The quantitative estimate of drug-likeness (QED) is 0.834. The third-order valence-electron chi connectivity index (χ3n) is 4.99. The first-order valence-corrected chi connectivity index (χ1v) is 9.36. The van der Waals surface area contributed by atoms with Crippen molar-refractivity contribution in [3.8, 4) is 0 Å². The number of alkyl halides is 3. The number of benzene rings is 1. The second-order valence-electron chi connectivity index (χ2n) is 7.24. The van der Waals surface area contributed by atoms with E-state index in [1.165, 1.54) is 0 Å². The summed E-state index contributed by atoms with van der Waals surface area (Å²) in [7, 11) is 0. The first-order valence-electron chi connectivity index (χ1n) is 9.36. The minimum absolute atomic E-state index is 0.0784. The highest BCUT2D eigenvalue weighted by molar-refractivity contribution is 5.94. The average Bonchev–Trinajstić information content (AvgIpc) is 3.06. The molecule has 1 saturated heterocycles. The lowest BCUT2D eigenvalue weighted by Crippen LogP contribution is -2.38. The Morgan fingerprint density at radius 3 is 2.41 bits per heavy atom. The van der Waals surface area contributed by atoms with Gasteiger partial charge in [-0.15, -0.1) is 0 Å². The van der Waals surface area contributed by atoms with Gasteiger partial charge in [0.15, 0.2) is 5.69 Å². The van der Waals surface area contributed by atoms with Gasteiger partial charge < -0.3 is 14.6 Å². The molecule has 1 N–H and O–H groups in total. The molecule has 9 heteroatoms. The molecule has 1 fully saturated rings. The van der Waals surface area contributed by atoms with Crippen LogP contribution in [0.2, 0.25) is 0 Å². The van der Waals surface area contributed by atoms with E-state index in [1.807, 2.05) is 0 Å². The molecule has 6 nitrogen and oxygen atoms in total. The van der Waals surface area contributed by atoms with Crippen molar-refractivity contribution in [2.24, 2.45) is 5.92 Å². The number of carbonyl (C=O) groups excluding carboxylic acids is 2. The number of hydrogen-bond acceptors (Lipinski definition) is 4. The van der Waals surface area contributed by atoms with Gasteiger partial charge in [-0.05, 0) is 49.9 Å². The van der Waals surface area contributed by atoms with Crippen molar-refractivity contribution in [2.45, 2.75) is 39.4 Å². The van der Waals surface area contributed by atoms with Gasteiger partial charge in [0.1, 0.15) is 5.76 Å². The van der Waals surface area contributed by atoms with Crippen molar-refractivity contribution in [1.82, 2.24) is 15.2 Å². The molecular formula is C20H22F3N3O3. The summed E-state index contributed by atoms with van der Waals surface area (Å²) in [5.41, 5.74) is -0.522. The molecule has 0 spiro atoms. The smallest absolute Gasteiger partial charge is 0.416 e. The summed E-state index contributed by atoms with van der Waals surface area (Å²) < 4.78 is 43.3. The maximum absolute atomic E-state index is 12.6. The van der Waals surface area contributed by atoms with E-state index in [1.54, 1.807) is 11.8 Å². The Labute approximate surface area is 166 Å². The zero-order valence-corrected chi connectivity index (χ0v) is 16.2. The number of likely N-dealkylation sites (tertiary alicyclic amines) is 1. The van der Waals surface area contributed by atoms with Crippen LogP contribution in [0.3, 0.4) is 0 Å². The molecule has 0 radical (unpaired) electrons. The maximum atomic E-state index is 12.6. The fourth-order valence-corrected chi connectivity index (χ4v) is 3.16. The highest BCUT2D eigenvalue weighted by atomic mass is 19.4. The first-order chi connectivity index (χ1) is 13.6. The second-order valence-corrected chi connectivity index (χ2v) is 7.24. The van der Waals surface area contributed by atoms with Gasteiger partial charge in [0, 0.05) is 18.7 Å². The SMILES string of the molecule is Cc1oc(CNC(=O)c2ccc(C(F)(F)F)cc2)nc1C(=O)N1CCC(C)CC1. The van der Waals surface area contributed by atoms with Crippen LogP contribution in [0.5, 0.6) is 0 Å². The number of aromatic nitrogens is 1. The average molecular weight is 409 g/mol. The van der Waals surface area contributed by atoms with Crippen molar-refractivity contribution in [1.29, 1.82) is 0 Å². The van der Waals surface area contributed by atoms with Crippen LogP contribution in [0.25, 0.3) is 0 Å². The van der Waals surface area contributed by atoms with E-state index >= 15 is 0 Å². The number of carbonyl (C=O) groups is 2. The molecular weight excluding hydrogens is 387 g/mol. The number of nitrogens with one attached hydrogen (secondary N) is 1. The number of amides is 2. The van der Waals surface area contributed by atoms with Crippen molar-refractivity contribution in [2.75, 3.05) is 13.1 Å². The molecule has 2 aromatic rings. The van der Waals surface area contributed by atoms with E-state index in [9.17, 15) is 22.8 Å². The lowest BCUT2D eigenvalue weighted by atomic mass is 9.99. The number of rotatable bonds is 4. The predicted octanol–water partition coefficient (Wildman–Crippen LogP) is 3.80. The van der Waals surface area contributed by atoms with Crippen LogP contribution < -0.4 is 5.32 Å². The molecule has 0 bridgehead atoms. The fourth-order valence-electron chi connectivity index (χ4n) is 3.16. The fraction of sp³-hybridized carbons (Fsp3) is 0.450. The maximum Gasteiger partial charge on any atom is 0.416 e. The summed E-state index contributed by atoms with van der Waals surface area (Å²) in [5, 5.41) is 2.54. The number of halogens is 3. The van der Waals surface area contributed by atoms with Crippen molar-refractivity contribution < 1.29 is 27.2 Å². The first kappa shape index (κ1) is 20.9. The van der Waals surface area contributed by atoms with Gasteiger partial charge >= 0.3 is 6.18 Å². The van der Waals surface area contributed by atoms with Crippen LogP contribution in [-0.2, 0) is 12.7 Å². The number of aryl methyl sites for hydroxylation is 1. The van der Waals surface area contributed by atoms with E-state index < -0.39 is 17.6 Å². The topological polar surface area (TPSA) is 75.4 Å². The standard InChI is InChI=1S/C20H22F3N3O3/c1-12-7-9-26(10-8-12)19(28)17-13(2)29-16(25-17)11-24-18(27)14-3-5-15(6-4-14)20(21,22)23/h3-6,12H,7-11H2,1-2H3,(H,24,27). The minimum atomic E-state index is -4.46. The lowest BCUT2D eigenvalue weighted by Gasteiger charge is -2.29. The molecule has 2 heterocycles. The van der Waals surface area contributed by atoms with E-state index in [2.05, 4.69) is 17.2 Å². The molecule has 1 aromatic carbocycles. The van der Waals surface area contributed by atoms with E-state index in [0.717, 1.165) is 37.1 Å². The third-order valence-corrected chi connectivity index (χ3v) is 4.99. The Morgan fingerprint density at radius 1 is 1.21 bits per heavy atom. The van der Waals surface area contributed by atoms with Crippen LogP contribution in [0.1, 0.15) is 57.8 Å². The van der Waals surface area contributed by atoms with Crippen molar-refractivity contribution >= 4 is 11.8 Å². The number of nitrogens with zero attached hydrogens (tertiary/aromatic N) is 2. The van der Waals surface area contributed by atoms with Crippen LogP contribution >= 0.6 is 0 Å². The molecule has 1 aliphatic rings. The molecule has 0 aliphatic carbocycles. The molecule has 156 valence electrons. The minimum Gasteiger partial charge on any atom is -0.443 e. The van der Waals surface area contributed by atoms with E-state index in [-0.39, 0.29) is 29.6 Å². The Bertz CT molecular complexity index is 883. The Balaban J connectivity index is 1.60. The molecule has 0 unspecified atom stereocenters. The molecule has 3 rings (SSSR count). The summed E-state index contributed by atoms with van der Waals surface area (Å²) in [6.45, 7) is 5.05. The zero-order valence-electron chi connectivity index (χ0n) is 16.2. The molecule has 1 aliphatic heterocycles. The molecule has 2 amide bonds. The monoisotopic (exact) mass is 409 g/mol. The summed E-state index contributed by atoms with van der Waals surface area (Å²) in [5.74, 6) is 0.364. The molecule has 0 saturated carbocycles. The van der Waals surface area contributed by atoms with Crippen molar-refractivity contribution in [3.63, 3.8) is 0 Å². The van der Waals surface area contributed by atoms with Gasteiger partial charge in [-0.1, -0.05) is 6.92 Å². The number of oxazole rings is 1. The lowest BCUT2D eigenvalue weighted by molar-refractivity contribution is -0.137. The summed E-state index contributed by atoms with van der Waals surface area (Å²) >= 11 is 0. The second kappa shape index (κ2) is 8.26. The van der Waals surface area contributed by atoms with Crippen LogP contribution in [0, 0.1) is 12.8 Å². The number of hydrogen-bond donors (Lipinski definition) is 1. The Hall–Kier alpha value is -2.84. The Kier molecular flexibility index (Phi) is 5.95. The summed E-state index contributed by atoms with van der Waals surface area (Å²) in [4.78, 5) is 30.7. The van der Waals surface area contributed by atoms with Crippen LogP contribution in [0.4, 0.5) is 13.2 Å². The molecule has 1 aromatic heterocycles. The van der Waals surface area contributed by atoms with Gasteiger partial charge in [-0.3, -0.25) is 9.59 Å². The molecule has 29 heavy (non-hydrogen) atoms. The van der Waals surface area contributed by atoms with Gasteiger partial charge in [0.2, 0.25) is 5.89 Å². The summed E-state index contributed by atoms with van der Waals surface area (Å²) in [6.07, 6.45) is -2.57. The zero-order chi connectivity index (χ0) is 21.2. The van der Waals surface area contributed by atoms with E-state index in [0.29, 0.717) is 24.8 Å². The van der Waals surface area contributed by atoms with Crippen LogP contribution in [-0.4, -0.2) is 34.8 Å². The third kappa shape index (κ3) is 4.96. The van der Waals surface area contributed by atoms with Gasteiger partial charge in [0.05, 0.1) is 12.1 Å². The van der Waals surface area contributed by atoms with E-state index in [4.69, 9.17) is 4.42 Å². The largest absolute Gasteiger partial charge is 0.443 e. The summed E-state index contributed by atoms with van der Waals surface area (Å²) in [6, 6.07) is 3.90. The number of piperidine rings is 1. The Morgan fingerprint density at radius 2 is 1.83 bits per heavy atom. The predicted molar refractivity (Wildman–Crippen MR) is 98.2 cm³/mol. The van der Waals surface area contributed by atoms with Crippen molar-refractivity contribution in [3.05, 3.63) is 52.7 Å². The highest BCUT2D eigenvalue weighted by Crippen LogP contribution is 2.29. The van der Waals surface area contributed by atoms with Gasteiger partial charge in [0.25, 0.3) is 11.8 Å². The van der Waals surface area contributed by atoms with Crippen LogP contribution in [0.15, 0.2) is 28.7 Å². The molecule has 0 atom stereocenters.